The molecule has 0 aliphatic carbocycles. The Hall–Kier alpha value is -2.97. The molecule has 2 aliphatic rings. The number of nitrogens with one attached hydrogen (secondary N) is 1. The van der Waals surface area contributed by atoms with E-state index in [1.165, 1.54) is 0 Å². The van der Waals surface area contributed by atoms with Crippen LogP contribution in [0.5, 0.6) is 0 Å². The highest BCUT2D eigenvalue weighted by atomic mass is 32.1. The van der Waals surface area contributed by atoms with Gasteiger partial charge in [0.25, 0.3) is 0 Å². The second-order valence-corrected chi connectivity index (χ2v) is 8.83. The highest BCUT2D eigenvalue weighted by Gasteiger charge is 2.21. The van der Waals surface area contributed by atoms with Crippen molar-refractivity contribution in [1.29, 1.82) is 0 Å². The predicted octanol–water partition coefficient (Wildman–Crippen LogP) is 3.44. The van der Waals surface area contributed by atoms with E-state index in [-0.39, 0.29) is 18.2 Å². The molecular weight excluding hydrogens is 412 g/mol. The third-order valence-corrected chi connectivity index (χ3v) is 6.71. The van der Waals surface area contributed by atoms with Gasteiger partial charge in [0, 0.05) is 37.4 Å². The monoisotopic (exact) mass is 436 g/mol. The second kappa shape index (κ2) is 8.64. The van der Waals surface area contributed by atoms with Gasteiger partial charge < -0.3 is 19.9 Å². The molecule has 2 saturated heterocycles. The number of hydrogen-bond acceptors (Lipinski definition) is 6. The lowest BCUT2D eigenvalue weighted by Crippen LogP contribution is -2.36. The molecular formula is C23H24N4O3S. The van der Waals surface area contributed by atoms with Crippen LogP contribution in [0.4, 0.5) is 16.5 Å². The number of carbonyl (C=O) groups excluding carboxylic acids is 2. The van der Waals surface area contributed by atoms with Crippen LogP contribution in [-0.4, -0.2) is 49.6 Å². The van der Waals surface area contributed by atoms with Crippen molar-refractivity contribution in [2.75, 3.05) is 48.0 Å². The van der Waals surface area contributed by atoms with E-state index in [0.717, 1.165) is 71.6 Å². The molecule has 160 valence electrons. The molecule has 3 heterocycles. The van der Waals surface area contributed by atoms with Crippen LogP contribution in [0.3, 0.4) is 0 Å². The van der Waals surface area contributed by atoms with Crippen LogP contribution in [0.25, 0.3) is 10.2 Å². The first-order chi connectivity index (χ1) is 15.2. The molecule has 8 heteroatoms. The van der Waals surface area contributed by atoms with Gasteiger partial charge in [-0.2, -0.15) is 0 Å². The fourth-order valence-electron chi connectivity index (χ4n) is 3.99. The van der Waals surface area contributed by atoms with Gasteiger partial charge in [-0.3, -0.25) is 9.59 Å². The SMILES string of the molecule is O=C(Cc1ccc(N2CCCC2=O)cc1)Nc1ccc2nc(N3CCOCC3)sc2c1. The number of hydrogen-bond donors (Lipinski definition) is 1. The molecule has 0 radical (unpaired) electrons. The van der Waals surface area contributed by atoms with Gasteiger partial charge in [0.2, 0.25) is 11.8 Å². The smallest absolute Gasteiger partial charge is 0.228 e. The zero-order valence-corrected chi connectivity index (χ0v) is 18.0. The van der Waals surface area contributed by atoms with Crippen molar-refractivity contribution in [3.63, 3.8) is 0 Å². The number of benzene rings is 2. The van der Waals surface area contributed by atoms with Crippen molar-refractivity contribution in [2.45, 2.75) is 19.3 Å². The summed E-state index contributed by atoms with van der Waals surface area (Å²) in [6, 6.07) is 13.5. The topological polar surface area (TPSA) is 74.8 Å². The van der Waals surface area contributed by atoms with Gasteiger partial charge in [0.15, 0.2) is 5.13 Å². The summed E-state index contributed by atoms with van der Waals surface area (Å²) in [5.41, 5.74) is 3.53. The molecule has 0 unspecified atom stereocenters. The van der Waals surface area contributed by atoms with Crippen LogP contribution in [0.2, 0.25) is 0 Å². The van der Waals surface area contributed by atoms with E-state index in [1.807, 2.05) is 42.5 Å². The van der Waals surface area contributed by atoms with Crippen LogP contribution < -0.4 is 15.1 Å². The number of carbonyl (C=O) groups is 2. The highest BCUT2D eigenvalue weighted by molar-refractivity contribution is 7.22. The molecule has 0 bridgehead atoms. The Bertz CT molecular complexity index is 1110. The molecule has 2 amide bonds. The summed E-state index contributed by atoms with van der Waals surface area (Å²) in [6.45, 7) is 3.94. The van der Waals surface area contributed by atoms with Crippen LogP contribution in [0.1, 0.15) is 18.4 Å². The van der Waals surface area contributed by atoms with Crippen molar-refractivity contribution in [2.24, 2.45) is 0 Å². The molecule has 1 N–H and O–H groups in total. The molecule has 0 spiro atoms. The molecule has 1 aromatic heterocycles. The lowest BCUT2D eigenvalue weighted by atomic mass is 10.1. The van der Waals surface area contributed by atoms with Crippen molar-refractivity contribution >= 4 is 49.9 Å². The van der Waals surface area contributed by atoms with Crippen LogP contribution >= 0.6 is 11.3 Å². The minimum atomic E-state index is -0.0673. The van der Waals surface area contributed by atoms with Gasteiger partial charge in [0.05, 0.1) is 29.9 Å². The molecule has 5 rings (SSSR count). The summed E-state index contributed by atoms with van der Waals surface area (Å²) in [6.07, 6.45) is 1.80. The second-order valence-electron chi connectivity index (χ2n) is 7.82. The average molecular weight is 437 g/mol. The minimum absolute atomic E-state index is 0.0673. The third-order valence-electron chi connectivity index (χ3n) is 5.63. The number of thiazole rings is 1. The average Bonchev–Trinajstić information content (AvgIpc) is 3.41. The first-order valence-corrected chi connectivity index (χ1v) is 11.4. The van der Waals surface area contributed by atoms with Crippen LogP contribution in [-0.2, 0) is 20.7 Å². The highest BCUT2D eigenvalue weighted by Crippen LogP contribution is 2.31. The summed E-state index contributed by atoms with van der Waals surface area (Å²) >= 11 is 1.64. The van der Waals surface area contributed by atoms with Crippen molar-refractivity contribution in [3.8, 4) is 0 Å². The Kier molecular flexibility index (Phi) is 5.57. The van der Waals surface area contributed by atoms with Crippen LogP contribution in [0, 0.1) is 0 Å². The van der Waals surface area contributed by atoms with E-state index >= 15 is 0 Å². The zero-order chi connectivity index (χ0) is 21.2. The van der Waals surface area contributed by atoms with Gasteiger partial charge in [-0.05, 0) is 42.3 Å². The maximum absolute atomic E-state index is 12.6. The quantitative estimate of drug-likeness (QED) is 0.663. The molecule has 3 aromatic rings. The number of morpholine rings is 1. The number of aromatic nitrogens is 1. The fourth-order valence-corrected chi connectivity index (χ4v) is 5.04. The normalized spacial score (nSPS) is 16.8. The molecule has 2 aliphatic heterocycles. The van der Waals surface area contributed by atoms with E-state index in [2.05, 4.69) is 10.2 Å². The van der Waals surface area contributed by atoms with E-state index in [0.29, 0.717) is 6.42 Å². The number of fused-ring (bicyclic) bond motifs is 1. The third kappa shape index (κ3) is 4.40. The fraction of sp³-hybridized carbons (Fsp3) is 0.348. The summed E-state index contributed by atoms with van der Waals surface area (Å²) in [5.74, 6) is 0.1000. The lowest BCUT2D eigenvalue weighted by Gasteiger charge is -2.25. The van der Waals surface area contributed by atoms with Gasteiger partial charge >= 0.3 is 0 Å². The Morgan fingerprint density at radius 3 is 2.65 bits per heavy atom. The summed E-state index contributed by atoms with van der Waals surface area (Å²) in [7, 11) is 0. The number of rotatable bonds is 5. The summed E-state index contributed by atoms with van der Waals surface area (Å²) in [4.78, 5) is 33.2. The maximum atomic E-state index is 12.6. The van der Waals surface area contributed by atoms with Gasteiger partial charge in [0.1, 0.15) is 0 Å². The predicted molar refractivity (Wildman–Crippen MR) is 123 cm³/mol. The number of ether oxygens (including phenoxy) is 1. The standard InChI is InChI=1S/C23H24N4O3S/c28-21(14-16-3-6-18(7-4-16)27-9-1-2-22(27)29)24-17-5-8-19-20(15-17)31-23(25-19)26-10-12-30-13-11-26/h3-8,15H,1-2,9-14H2,(H,24,28). The lowest BCUT2D eigenvalue weighted by molar-refractivity contribution is -0.117. The van der Waals surface area contributed by atoms with Crippen molar-refractivity contribution < 1.29 is 14.3 Å². The van der Waals surface area contributed by atoms with Crippen molar-refractivity contribution in [3.05, 3.63) is 48.0 Å². The van der Waals surface area contributed by atoms with Crippen LogP contribution in [0.15, 0.2) is 42.5 Å². The largest absolute Gasteiger partial charge is 0.378 e. The maximum Gasteiger partial charge on any atom is 0.228 e. The van der Waals surface area contributed by atoms with Gasteiger partial charge in [-0.1, -0.05) is 23.5 Å². The van der Waals surface area contributed by atoms with Gasteiger partial charge in [-0.15, -0.1) is 0 Å². The van der Waals surface area contributed by atoms with Crippen molar-refractivity contribution in [1.82, 2.24) is 4.98 Å². The minimum Gasteiger partial charge on any atom is -0.378 e. The first-order valence-electron chi connectivity index (χ1n) is 10.6. The van der Waals surface area contributed by atoms with E-state index < -0.39 is 0 Å². The van der Waals surface area contributed by atoms with E-state index in [9.17, 15) is 9.59 Å². The Labute approximate surface area is 184 Å². The van der Waals surface area contributed by atoms with E-state index in [4.69, 9.17) is 9.72 Å². The first kappa shape index (κ1) is 20.0. The molecule has 2 aromatic carbocycles. The van der Waals surface area contributed by atoms with Gasteiger partial charge in [-0.25, -0.2) is 4.98 Å². The van der Waals surface area contributed by atoms with E-state index in [1.54, 1.807) is 16.2 Å². The Balaban J connectivity index is 1.23. The number of amides is 2. The molecule has 31 heavy (non-hydrogen) atoms. The number of nitrogens with zero attached hydrogens (tertiary/aromatic N) is 3. The molecule has 7 nitrogen and oxygen atoms in total. The molecule has 0 atom stereocenters. The zero-order valence-electron chi connectivity index (χ0n) is 17.2. The Morgan fingerprint density at radius 2 is 1.90 bits per heavy atom. The summed E-state index contributed by atoms with van der Waals surface area (Å²) in [5, 5.41) is 3.99. The Morgan fingerprint density at radius 1 is 1.10 bits per heavy atom. The number of anilines is 3. The molecule has 0 saturated carbocycles. The molecule has 2 fully saturated rings. The summed E-state index contributed by atoms with van der Waals surface area (Å²) < 4.78 is 6.47.